The van der Waals surface area contributed by atoms with Gasteiger partial charge in [-0.15, -0.1) is 0 Å². The summed E-state index contributed by atoms with van der Waals surface area (Å²) in [5.74, 6) is -0.118. The lowest BCUT2D eigenvalue weighted by Gasteiger charge is -2.32. The summed E-state index contributed by atoms with van der Waals surface area (Å²) in [4.78, 5) is 30.8. The molecule has 0 N–H and O–H groups in total. The molecule has 0 spiro atoms. The molecular formula is C16H22N2O3. The van der Waals surface area contributed by atoms with Gasteiger partial charge in [-0.3, -0.25) is 14.5 Å². The lowest BCUT2D eigenvalue weighted by molar-refractivity contribution is -0.161. The Hall–Kier alpha value is -1.88. The Morgan fingerprint density at radius 1 is 1.19 bits per heavy atom. The fraction of sp³-hybridized carbons (Fsp3) is 0.500. The minimum absolute atomic E-state index is 0.118. The van der Waals surface area contributed by atoms with E-state index >= 15 is 0 Å². The molecule has 0 aliphatic carbocycles. The Morgan fingerprint density at radius 3 is 2.62 bits per heavy atom. The van der Waals surface area contributed by atoms with E-state index in [1.807, 2.05) is 26.0 Å². The predicted octanol–water partition coefficient (Wildman–Crippen LogP) is 2.80. The number of carbonyl (C=O) groups is 2. The van der Waals surface area contributed by atoms with Crippen molar-refractivity contribution < 1.29 is 14.4 Å². The number of rotatable bonds is 5. The number of hydrogen-bond donors (Lipinski definition) is 0. The highest BCUT2D eigenvalue weighted by molar-refractivity contribution is 5.96. The highest BCUT2D eigenvalue weighted by Crippen LogP contribution is 2.15. The number of nitrogens with zero attached hydrogens (tertiary/aromatic N) is 2. The van der Waals surface area contributed by atoms with Gasteiger partial charge in [0, 0.05) is 13.0 Å². The Morgan fingerprint density at radius 2 is 1.95 bits per heavy atom. The number of imide groups is 1. The smallest absolute Gasteiger partial charge is 0.274 e. The summed E-state index contributed by atoms with van der Waals surface area (Å²) in [6.07, 6.45) is 1.07. The summed E-state index contributed by atoms with van der Waals surface area (Å²) in [6, 6.07) is 5.74. The minimum Gasteiger partial charge on any atom is -0.274 e. The van der Waals surface area contributed by atoms with Gasteiger partial charge in [-0.05, 0) is 37.0 Å². The van der Waals surface area contributed by atoms with Gasteiger partial charge in [-0.1, -0.05) is 25.1 Å². The first-order valence-electron chi connectivity index (χ1n) is 7.34. The number of urea groups is 1. The highest BCUT2D eigenvalue weighted by Gasteiger charge is 2.32. The molecule has 0 saturated carbocycles. The van der Waals surface area contributed by atoms with E-state index in [1.165, 1.54) is 21.1 Å². The molecule has 0 radical (unpaired) electrons. The third-order valence-corrected chi connectivity index (χ3v) is 3.68. The van der Waals surface area contributed by atoms with Crippen molar-refractivity contribution in [1.82, 2.24) is 9.96 Å². The van der Waals surface area contributed by atoms with Crippen molar-refractivity contribution in [3.63, 3.8) is 0 Å². The molecule has 5 nitrogen and oxygen atoms in total. The fourth-order valence-corrected chi connectivity index (χ4v) is 2.28. The highest BCUT2D eigenvalue weighted by atomic mass is 16.7. The first kappa shape index (κ1) is 15.5. The van der Waals surface area contributed by atoms with Gasteiger partial charge in [0.2, 0.25) is 5.91 Å². The molecule has 1 aromatic carbocycles. The number of carbonyl (C=O) groups excluding carboxylic acids is 2. The van der Waals surface area contributed by atoms with Gasteiger partial charge in [-0.2, -0.15) is 0 Å². The van der Waals surface area contributed by atoms with Gasteiger partial charge in [0.1, 0.15) is 6.61 Å². The van der Waals surface area contributed by atoms with Crippen LogP contribution < -0.4 is 0 Å². The molecule has 21 heavy (non-hydrogen) atoms. The van der Waals surface area contributed by atoms with Gasteiger partial charge in [0.25, 0.3) is 0 Å². The van der Waals surface area contributed by atoms with Crippen LogP contribution >= 0.6 is 0 Å². The molecule has 1 aliphatic heterocycles. The van der Waals surface area contributed by atoms with E-state index in [1.54, 1.807) is 0 Å². The van der Waals surface area contributed by atoms with Crippen molar-refractivity contribution >= 4 is 11.9 Å². The maximum atomic E-state index is 12.2. The van der Waals surface area contributed by atoms with Crippen molar-refractivity contribution in [1.29, 1.82) is 0 Å². The second-order valence-electron chi connectivity index (χ2n) is 5.37. The number of benzene rings is 1. The lowest BCUT2D eigenvalue weighted by atomic mass is 10.1. The van der Waals surface area contributed by atoms with Gasteiger partial charge < -0.3 is 0 Å². The fourth-order valence-electron chi connectivity index (χ4n) is 2.28. The zero-order chi connectivity index (χ0) is 15.4. The first-order valence-corrected chi connectivity index (χ1v) is 7.34. The third kappa shape index (κ3) is 3.61. The quantitative estimate of drug-likeness (QED) is 0.838. The van der Waals surface area contributed by atoms with Crippen LogP contribution in [0.25, 0.3) is 0 Å². The van der Waals surface area contributed by atoms with E-state index in [0.717, 1.165) is 12.0 Å². The number of hydroxylamine groups is 2. The topological polar surface area (TPSA) is 49.9 Å². The molecule has 5 heteroatoms. The molecule has 1 aliphatic rings. The summed E-state index contributed by atoms with van der Waals surface area (Å²) in [5, 5.41) is 1.30. The molecule has 0 aromatic heterocycles. The monoisotopic (exact) mass is 290 g/mol. The Kier molecular flexibility index (Phi) is 4.96. The normalized spacial score (nSPS) is 15.8. The van der Waals surface area contributed by atoms with Crippen molar-refractivity contribution in [3.05, 3.63) is 34.9 Å². The Bertz CT molecular complexity index is 542. The van der Waals surface area contributed by atoms with Gasteiger partial charge in [0.15, 0.2) is 0 Å². The standard InChI is InChI=1S/C16H22N2O3/c1-4-8-17-15(19)7-9-18(16(17)20)21-11-14-6-5-12(2)13(3)10-14/h5-6,10H,4,7-9,11H2,1-3H3. The summed E-state index contributed by atoms with van der Waals surface area (Å²) < 4.78 is 0. The second-order valence-corrected chi connectivity index (χ2v) is 5.37. The van der Waals surface area contributed by atoms with Gasteiger partial charge in [0.05, 0.1) is 6.54 Å². The van der Waals surface area contributed by atoms with Crippen LogP contribution in [0.4, 0.5) is 4.79 Å². The SMILES string of the molecule is CCCN1C(=O)CCN(OCc2ccc(C)c(C)c2)C1=O. The van der Waals surface area contributed by atoms with Crippen LogP contribution in [0.5, 0.6) is 0 Å². The Balaban J connectivity index is 1.97. The molecule has 1 saturated heterocycles. The molecule has 2 rings (SSSR count). The molecule has 1 aromatic rings. The van der Waals surface area contributed by atoms with E-state index in [4.69, 9.17) is 4.84 Å². The second kappa shape index (κ2) is 6.72. The summed E-state index contributed by atoms with van der Waals surface area (Å²) in [7, 11) is 0. The van der Waals surface area contributed by atoms with Gasteiger partial charge in [-0.25, -0.2) is 9.86 Å². The van der Waals surface area contributed by atoms with E-state index in [2.05, 4.69) is 13.0 Å². The zero-order valence-corrected chi connectivity index (χ0v) is 12.9. The van der Waals surface area contributed by atoms with Crippen LogP contribution in [0.15, 0.2) is 18.2 Å². The van der Waals surface area contributed by atoms with E-state index in [0.29, 0.717) is 26.1 Å². The average Bonchev–Trinajstić information content (AvgIpc) is 2.46. The van der Waals surface area contributed by atoms with Crippen LogP contribution in [-0.2, 0) is 16.2 Å². The first-order chi connectivity index (χ1) is 10.0. The zero-order valence-electron chi connectivity index (χ0n) is 12.9. The summed E-state index contributed by atoms with van der Waals surface area (Å²) >= 11 is 0. The largest absolute Gasteiger partial charge is 0.350 e. The minimum atomic E-state index is -0.350. The lowest BCUT2D eigenvalue weighted by Crippen LogP contribution is -2.52. The third-order valence-electron chi connectivity index (χ3n) is 3.68. The van der Waals surface area contributed by atoms with Crippen molar-refractivity contribution in [2.24, 2.45) is 0 Å². The molecule has 3 amide bonds. The van der Waals surface area contributed by atoms with Crippen LogP contribution in [0.2, 0.25) is 0 Å². The molecule has 0 unspecified atom stereocenters. The Labute approximate surface area is 125 Å². The van der Waals surface area contributed by atoms with Crippen LogP contribution in [0.3, 0.4) is 0 Å². The number of aryl methyl sites for hydroxylation is 2. The van der Waals surface area contributed by atoms with E-state index in [-0.39, 0.29) is 11.9 Å². The summed E-state index contributed by atoms with van der Waals surface area (Å²) in [6.45, 7) is 7.15. The van der Waals surface area contributed by atoms with Gasteiger partial charge >= 0.3 is 6.03 Å². The molecular weight excluding hydrogens is 268 g/mol. The van der Waals surface area contributed by atoms with E-state index < -0.39 is 0 Å². The summed E-state index contributed by atoms with van der Waals surface area (Å²) in [5.41, 5.74) is 3.45. The molecule has 0 atom stereocenters. The number of amides is 3. The van der Waals surface area contributed by atoms with Crippen molar-refractivity contribution in [2.75, 3.05) is 13.1 Å². The molecule has 1 heterocycles. The van der Waals surface area contributed by atoms with Crippen molar-refractivity contribution in [3.8, 4) is 0 Å². The average molecular weight is 290 g/mol. The maximum absolute atomic E-state index is 12.2. The van der Waals surface area contributed by atoms with Crippen LogP contribution in [0.1, 0.15) is 36.5 Å². The molecule has 0 bridgehead atoms. The van der Waals surface area contributed by atoms with Crippen LogP contribution in [-0.4, -0.2) is 35.0 Å². The predicted molar refractivity (Wildman–Crippen MR) is 79.4 cm³/mol. The van der Waals surface area contributed by atoms with E-state index in [9.17, 15) is 9.59 Å². The van der Waals surface area contributed by atoms with Crippen molar-refractivity contribution in [2.45, 2.75) is 40.2 Å². The number of hydrogen-bond acceptors (Lipinski definition) is 3. The maximum Gasteiger partial charge on any atom is 0.350 e. The van der Waals surface area contributed by atoms with Crippen LogP contribution in [0, 0.1) is 13.8 Å². The molecule has 114 valence electrons. The molecule has 1 fully saturated rings.